The molecule has 90 valence electrons. The standard InChI is InChI=1S/C11H11BrN2O3/c12-9-5-13-3-1-8(9)10(15)14-4-2-7(6-14)11(16)17/h1,3,5,7H,2,4,6H2,(H,16,17). The van der Waals surface area contributed by atoms with Crippen molar-refractivity contribution in [3.05, 3.63) is 28.5 Å². The highest BCUT2D eigenvalue weighted by Crippen LogP contribution is 2.22. The minimum Gasteiger partial charge on any atom is -0.481 e. The number of hydrogen-bond donors (Lipinski definition) is 1. The smallest absolute Gasteiger partial charge is 0.308 e. The number of pyridine rings is 1. The molecule has 6 heteroatoms. The molecule has 0 aromatic carbocycles. The number of carboxylic acids is 1. The number of carbonyl (C=O) groups is 2. The van der Waals surface area contributed by atoms with Gasteiger partial charge in [-0.25, -0.2) is 0 Å². The first-order valence-corrected chi connectivity index (χ1v) is 6.00. The average Bonchev–Trinajstić information content (AvgIpc) is 2.78. The molecule has 1 aromatic rings. The molecule has 0 saturated carbocycles. The summed E-state index contributed by atoms with van der Waals surface area (Å²) < 4.78 is 0.628. The van der Waals surface area contributed by atoms with Gasteiger partial charge in [0.05, 0.1) is 11.5 Å². The van der Waals surface area contributed by atoms with Crippen LogP contribution in [0.15, 0.2) is 22.9 Å². The Hall–Kier alpha value is -1.43. The Morgan fingerprint density at radius 3 is 2.88 bits per heavy atom. The predicted molar refractivity (Wildman–Crippen MR) is 63.6 cm³/mol. The summed E-state index contributed by atoms with van der Waals surface area (Å²) in [5.74, 6) is -1.43. The van der Waals surface area contributed by atoms with E-state index in [0.29, 0.717) is 23.0 Å². The Labute approximate surface area is 107 Å². The van der Waals surface area contributed by atoms with Gasteiger partial charge in [0.1, 0.15) is 0 Å². The number of amides is 1. The number of likely N-dealkylation sites (tertiary alicyclic amines) is 1. The van der Waals surface area contributed by atoms with Gasteiger partial charge >= 0.3 is 5.97 Å². The van der Waals surface area contributed by atoms with E-state index in [1.165, 1.54) is 0 Å². The van der Waals surface area contributed by atoms with E-state index in [9.17, 15) is 9.59 Å². The molecule has 1 aromatic heterocycles. The Morgan fingerprint density at radius 2 is 2.29 bits per heavy atom. The quantitative estimate of drug-likeness (QED) is 0.896. The van der Waals surface area contributed by atoms with Gasteiger partial charge in [-0.2, -0.15) is 0 Å². The number of aliphatic carboxylic acids is 1. The van der Waals surface area contributed by atoms with Crippen LogP contribution in [0.1, 0.15) is 16.8 Å². The first kappa shape index (κ1) is 12.0. The molecule has 1 unspecified atom stereocenters. The van der Waals surface area contributed by atoms with Crippen LogP contribution in [0.5, 0.6) is 0 Å². The Bertz CT molecular complexity index is 464. The minimum absolute atomic E-state index is 0.150. The van der Waals surface area contributed by atoms with Crippen LogP contribution in [-0.4, -0.2) is 40.0 Å². The van der Waals surface area contributed by atoms with Gasteiger partial charge in [0.2, 0.25) is 0 Å². The topological polar surface area (TPSA) is 70.5 Å². The van der Waals surface area contributed by atoms with Gasteiger partial charge in [0.25, 0.3) is 5.91 Å². The summed E-state index contributed by atoms with van der Waals surface area (Å²) in [7, 11) is 0. The van der Waals surface area contributed by atoms with Crippen molar-refractivity contribution >= 4 is 27.8 Å². The number of halogens is 1. The van der Waals surface area contributed by atoms with E-state index in [1.807, 2.05) is 0 Å². The number of nitrogens with zero attached hydrogens (tertiary/aromatic N) is 2. The predicted octanol–water partition coefficient (Wildman–Crippen LogP) is 1.39. The number of carbonyl (C=O) groups excluding carboxylic acids is 1. The maximum Gasteiger partial charge on any atom is 0.308 e. The Balaban J connectivity index is 2.13. The number of hydrogen-bond acceptors (Lipinski definition) is 3. The number of rotatable bonds is 2. The molecule has 2 rings (SSSR count). The van der Waals surface area contributed by atoms with E-state index in [-0.39, 0.29) is 12.5 Å². The molecule has 5 nitrogen and oxygen atoms in total. The highest BCUT2D eigenvalue weighted by molar-refractivity contribution is 9.10. The fraction of sp³-hybridized carbons (Fsp3) is 0.364. The molecule has 0 aliphatic carbocycles. The van der Waals surface area contributed by atoms with Gasteiger partial charge < -0.3 is 10.0 Å². The van der Waals surface area contributed by atoms with Crippen molar-refractivity contribution < 1.29 is 14.7 Å². The molecule has 1 aliphatic heterocycles. The van der Waals surface area contributed by atoms with Crippen molar-refractivity contribution in [3.63, 3.8) is 0 Å². The Kier molecular flexibility index (Phi) is 3.42. The second kappa shape index (κ2) is 4.83. The van der Waals surface area contributed by atoms with Crippen LogP contribution in [0, 0.1) is 5.92 Å². The lowest BCUT2D eigenvalue weighted by Crippen LogP contribution is -2.30. The maximum absolute atomic E-state index is 12.1. The average molecular weight is 299 g/mol. The molecule has 1 saturated heterocycles. The molecule has 1 aliphatic rings. The van der Waals surface area contributed by atoms with Gasteiger partial charge in [0, 0.05) is 30.0 Å². The zero-order chi connectivity index (χ0) is 12.4. The first-order chi connectivity index (χ1) is 8.09. The van der Waals surface area contributed by atoms with Crippen molar-refractivity contribution in [2.75, 3.05) is 13.1 Å². The molecule has 17 heavy (non-hydrogen) atoms. The van der Waals surface area contributed by atoms with Crippen LogP contribution in [0.3, 0.4) is 0 Å². The molecule has 1 N–H and O–H groups in total. The summed E-state index contributed by atoms with van der Waals surface area (Å²) in [4.78, 5) is 28.4. The lowest BCUT2D eigenvalue weighted by Gasteiger charge is -2.16. The summed E-state index contributed by atoms with van der Waals surface area (Å²) >= 11 is 3.26. The fourth-order valence-electron chi connectivity index (χ4n) is 1.87. The largest absolute Gasteiger partial charge is 0.481 e. The first-order valence-electron chi connectivity index (χ1n) is 5.21. The molecular weight excluding hydrogens is 288 g/mol. The van der Waals surface area contributed by atoms with Crippen LogP contribution in [0.2, 0.25) is 0 Å². The third-order valence-corrected chi connectivity index (χ3v) is 3.46. The van der Waals surface area contributed by atoms with Crippen LogP contribution >= 0.6 is 15.9 Å². The van der Waals surface area contributed by atoms with Crippen molar-refractivity contribution in [1.82, 2.24) is 9.88 Å². The van der Waals surface area contributed by atoms with Crippen LogP contribution < -0.4 is 0 Å². The normalized spacial score (nSPS) is 19.4. The number of carboxylic acid groups (broad SMARTS) is 1. The van der Waals surface area contributed by atoms with Crippen LogP contribution in [0.25, 0.3) is 0 Å². The van der Waals surface area contributed by atoms with Gasteiger partial charge in [0.15, 0.2) is 0 Å². The molecule has 1 fully saturated rings. The molecule has 2 heterocycles. The molecule has 1 atom stereocenters. The molecular formula is C11H11BrN2O3. The summed E-state index contributed by atoms with van der Waals surface area (Å²) in [6.45, 7) is 0.771. The van der Waals surface area contributed by atoms with E-state index in [0.717, 1.165) is 0 Å². The van der Waals surface area contributed by atoms with Crippen molar-refractivity contribution in [2.45, 2.75) is 6.42 Å². The maximum atomic E-state index is 12.1. The third-order valence-electron chi connectivity index (χ3n) is 2.83. The zero-order valence-electron chi connectivity index (χ0n) is 8.97. The van der Waals surface area contributed by atoms with Crippen LogP contribution in [-0.2, 0) is 4.79 Å². The van der Waals surface area contributed by atoms with E-state index in [4.69, 9.17) is 5.11 Å². The van der Waals surface area contributed by atoms with Gasteiger partial charge in [-0.15, -0.1) is 0 Å². The molecule has 0 bridgehead atoms. The number of aromatic nitrogens is 1. The van der Waals surface area contributed by atoms with Crippen molar-refractivity contribution in [3.8, 4) is 0 Å². The SMILES string of the molecule is O=C(O)C1CCN(C(=O)c2ccncc2Br)C1. The van der Waals surface area contributed by atoms with Crippen molar-refractivity contribution in [1.29, 1.82) is 0 Å². The lowest BCUT2D eigenvalue weighted by atomic mass is 10.1. The molecule has 1 amide bonds. The second-order valence-corrected chi connectivity index (χ2v) is 4.78. The summed E-state index contributed by atoms with van der Waals surface area (Å²) in [6, 6.07) is 1.63. The van der Waals surface area contributed by atoms with E-state index >= 15 is 0 Å². The van der Waals surface area contributed by atoms with Gasteiger partial charge in [-0.05, 0) is 28.4 Å². The second-order valence-electron chi connectivity index (χ2n) is 3.93. The summed E-state index contributed by atoms with van der Waals surface area (Å²) in [5, 5.41) is 8.88. The summed E-state index contributed by atoms with van der Waals surface area (Å²) in [6.07, 6.45) is 3.62. The highest BCUT2D eigenvalue weighted by Gasteiger charge is 2.31. The van der Waals surface area contributed by atoms with E-state index < -0.39 is 11.9 Å². The zero-order valence-corrected chi connectivity index (χ0v) is 10.6. The summed E-state index contributed by atoms with van der Waals surface area (Å²) in [5.41, 5.74) is 0.519. The van der Waals surface area contributed by atoms with Gasteiger partial charge in [-0.1, -0.05) is 0 Å². The Morgan fingerprint density at radius 1 is 1.53 bits per heavy atom. The molecule has 0 radical (unpaired) electrons. The third kappa shape index (κ3) is 2.46. The lowest BCUT2D eigenvalue weighted by molar-refractivity contribution is -0.141. The fourth-order valence-corrected chi connectivity index (χ4v) is 2.29. The van der Waals surface area contributed by atoms with E-state index in [1.54, 1.807) is 23.4 Å². The van der Waals surface area contributed by atoms with Crippen molar-refractivity contribution in [2.24, 2.45) is 5.92 Å². The minimum atomic E-state index is -0.839. The van der Waals surface area contributed by atoms with Crippen LogP contribution in [0.4, 0.5) is 0 Å². The monoisotopic (exact) mass is 298 g/mol. The highest BCUT2D eigenvalue weighted by atomic mass is 79.9. The van der Waals surface area contributed by atoms with Gasteiger partial charge in [-0.3, -0.25) is 14.6 Å². The molecule has 0 spiro atoms. The van der Waals surface area contributed by atoms with E-state index in [2.05, 4.69) is 20.9 Å².